The Labute approximate surface area is 182 Å². The van der Waals surface area contributed by atoms with Crippen molar-refractivity contribution in [3.8, 4) is 5.75 Å². The average molecular weight is 467 g/mol. The van der Waals surface area contributed by atoms with Crippen LogP contribution in [0.25, 0.3) is 0 Å². The highest BCUT2D eigenvalue weighted by molar-refractivity contribution is 7.92. The van der Waals surface area contributed by atoms with Crippen LogP contribution in [-0.2, 0) is 10.0 Å². The van der Waals surface area contributed by atoms with Crippen LogP contribution in [0.3, 0.4) is 0 Å². The number of aromatic nitrogens is 2. The minimum Gasteiger partial charge on any atom is -0.404 e. The molecule has 32 heavy (non-hydrogen) atoms. The summed E-state index contributed by atoms with van der Waals surface area (Å²) in [5.74, 6) is 0.195. The zero-order chi connectivity index (χ0) is 23.4. The minimum atomic E-state index is -5.02. The molecular weight excluding hydrogens is 447 g/mol. The number of sulfonamides is 1. The molecule has 0 radical (unpaired) electrons. The summed E-state index contributed by atoms with van der Waals surface area (Å²) in [4.78, 5) is 7.95. The molecule has 3 rings (SSSR count). The predicted molar refractivity (Wildman–Crippen MR) is 115 cm³/mol. The van der Waals surface area contributed by atoms with Crippen molar-refractivity contribution in [2.45, 2.75) is 25.1 Å². The smallest absolute Gasteiger partial charge is 0.404 e. The van der Waals surface area contributed by atoms with Gasteiger partial charge in [0.05, 0.1) is 0 Å². The van der Waals surface area contributed by atoms with E-state index in [-0.39, 0.29) is 5.69 Å². The molecule has 3 aromatic rings. The maximum atomic E-state index is 12.6. The molecule has 170 valence electrons. The lowest BCUT2D eigenvalue weighted by molar-refractivity contribution is -0.275. The van der Waals surface area contributed by atoms with Gasteiger partial charge < -0.3 is 15.4 Å². The van der Waals surface area contributed by atoms with Gasteiger partial charge in [0, 0.05) is 29.7 Å². The summed E-state index contributed by atoms with van der Waals surface area (Å²) in [5, 5.41) is 6.11. The number of hydrogen-bond acceptors (Lipinski definition) is 7. The second-order valence-electron chi connectivity index (χ2n) is 6.55. The molecule has 0 aliphatic rings. The molecule has 0 spiro atoms. The number of halogens is 3. The van der Waals surface area contributed by atoms with Gasteiger partial charge in [0.2, 0.25) is 5.95 Å². The molecule has 2 aromatic carbocycles. The van der Waals surface area contributed by atoms with Crippen LogP contribution in [-0.4, -0.2) is 31.3 Å². The average Bonchev–Trinajstić information content (AvgIpc) is 2.68. The molecule has 0 atom stereocenters. The van der Waals surface area contributed by atoms with Gasteiger partial charge >= 0.3 is 6.36 Å². The second-order valence-corrected chi connectivity index (χ2v) is 8.20. The fourth-order valence-corrected chi connectivity index (χ4v) is 3.92. The third-order valence-electron chi connectivity index (χ3n) is 3.96. The molecule has 1 heterocycles. The Morgan fingerprint density at radius 2 is 1.66 bits per heavy atom. The number of benzene rings is 2. The van der Waals surface area contributed by atoms with Crippen LogP contribution < -0.4 is 20.1 Å². The van der Waals surface area contributed by atoms with Gasteiger partial charge in [0.25, 0.3) is 10.0 Å². The lowest BCUT2D eigenvalue weighted by Crippen LogP contribution is -2.20. The Balaban J connectivity index is 1.76. The molecule has 0 amide bonds. The van der Waals surface area contributed by atoms with Crippen molar-refractivity contribution in [3.63, 3.8) is 0 Å². The third-order valence-corrected chi connectivity index (χ3v) is 5.38. The number of para-hydroxylation sites is 1. The largest absolute Gasteiger partial charge is 0.573 e. The lowest BCUT2D eigenvalue weighted by Gasteiger charge is -2.15. The number of aryl methyl sites for hydroxylation is 1. The zero-order valence-electron chi connectivity index (χ0n) is 17.1. The number of rotatable bonds is 8. The maximum absolute atomic E-state index is 12.6. The van der Waals surface area contributed by atoms with Gasteiger partial charge in [-0.05, 0) is 50.2 Å². The zero-order valence-corrected chi connectivity index (χ0v) is 17.9. The van der Waals surface area contributed by atoms with Crippen LogP contribution in [0.15, 0.2) is 59.5 Å². The summed E-state index contributed by atoms with van der Waals surface area (Å²) >= 11 is 0. The number of nitrogens with zero attached hydrogens (tertiary/aromatic N) is 2. The van der Waals surface area contributed by atoms with Gasteiger partial charge in [-0.2, -0.15) is 4.98 Å². The third kappa shape index (κ3) is 6.23. The molecule has 3 N–H and O–H groups in total. The first-order valence-electron chi connectivity index (χ1n) is 9.40. The van der Waals surface area contributed by atoms with Gasteiger partial charge in [0.1, 0.15) is 16.5 Å². The van der Waals surface area contributed by atoms with E-state index in [1.165, 1.54) is 24.3 Å². The maximum Gasteiger partial charge on any atom is 0.573 e. The molecule has 12 heteroatoms. The first kappa shape index (κ1) is 23.1. The quantitative estimate of drug-likeness (QED) is 0.443. The van der Waals surface area contributed by atoms with Crippen LogP contribution in [0, 0.1) is 6.92 Å². The lowest BCUT2D eigenvalue weighted by atomic mass is 10.3. The van der Waals surface area contributed by atoms with Crippen molar-refractivity contribution in [1.82, 2.24) is 9.97 Å². The van der Waals surface area contributed by atoms with Crippen LogP contribution in [0.4, 0.5) is 36.3 Å². The van der Waals surface area contributed by atoms with E-state index < -0.39 is 27.0 Å². The fraction of sp³-hybridized carbons (Fsp3) is 0.200. The van der Waals surface area contributed by atoms with Crippen LogP contribution in [0.1, 0.15) is 12.6 Å². The van der Waals surface area contributed by atoms with Crippen molar-refractivity contribution in [2.75, 3.05) is 21.9 Å². The molecule has 0 aliphatic carbocycles. The minimum absolute atomic E-state index is 0.157. The Bertz CT molecular complexity index is 1190. The summed E-state index contributed by atoms with van der Waals surface area (Å²) in [6.07, 6.45) is -5.02. The van der Waals surface area contributed by atoms with E-state index in [1.807, 2.05) is 13.8 Å². The monoisotopic (exact) mass is 467 g/mol. The summed E-state index contributed by atoms with van der Waals surface area (Å²) < 4.78 is 69.1. The van der Waals surface area contributed by atoms with Gasteiger partial charge in [-0.15, -0.1) is 13.2 Å². The summed E-state index contributed by atoms with van der Waals surface area (Å²) in [6, 6.07) is 12.4. The number of hydrogen-bond donors (Lipinski definition) is 3. The van der Waals surface area contributed by atoms with E-state index in [0.29, 0.717) is 24.0 Å². The first-order valence-corrected chi connectivity index (χ1v) is 10.9. The van der Waals surface area contributed by atoms with E-state index in [4.69, 9.17) is 0 Å². The standard InChI is InChI=1S/C20H20F3N5O3S/c1-3-24-19-25-13(2)12-18(27-19)26-14-8-10-15(11-9-14)28-32(29,30)17-7-5-4-6-16(17)31-20(21,22)23/h4-12,28H,3H2,1-2H3,(H2,24,25,26,27). The van der Waals surface area contributed by atoms with Crippen molar-refractivity contribution >= 4 is 33.2 Å². The Morgan fingerprint density at radius 3 is 2.31 bits per heavy atom. The summed E-state index contributed by atoms with van der Waals surface area (Å²) in [5.41, 5.74) is 1.53. The van der Waals surface area contributed by atoms with E-state index in [1.54, 1.807) is 18.2 Å². The van der Waals surface area contributed by atoms with E-state index >= 15 is 0 Å². The predicted octanol–water partition coefficient (Wildman–Crippen LogP) is 4.66. The van der Waals surface area contributed by atoms with Crippen LogP contribution in [0.2, 0.25) is 0 Å². The molecule has 0 bridgehead atoms. The number of anilines is 4. The van der Waals surface area contributed by atoms with Gasteiger partial charge in [-0.3, -0.25) is 4.72 Å². The van der Waals surface area contributed by atoms with Crippen LogP contribution >= 0.6 is 0 Å². The molecule has 0 saturated heterocycles. The van der Waals surface area contributed by atoms with Gasteiger partial charge in [0.15, 0.2) is 0 Å². The molecule has 8 nitrogen and oxygen atoms in total. The van der Waals surface area contributed by atoms with Gasteiger partial charge in [-0.25, -0.2) is 13.4 Å². The highest BCUT2D eigenvalue weighted by atomic mass is 32.2. The molecule has 0 aliphatic heterocycles. The molecular formula is C20H20F3N5O3S. The topological polar surface area (TPSA) is 105 Å². The fourth-order valence-electron chi connectivity index (χ4n) is 2.73. The van der Waals surface area contributed by atoms with Crippen molar-refractivity contribution in [2.24, 2.45) is 0 Å². The number of ether oxygens (including phenoxy) is 1. The second kappa shape index (κ2) is 9.30. The molecule has 0 unspecified atom stereocenters. The Hall–Kier alpha value is -3.54. The summed E-state index contributed by atoms with van der Waals surface area (Å²) in [6.45, 7) is 4.41. The normalized spacial score (nSPS) is 11.7. The van der Waals surface area contributed by atoms with Crippen LogP contribution in [0.5, 0.6) is 5.75 Å². The SMILES string of the molecule is CCNc1nc(C)cc(Nc2ccc(NS(=O)(=O)c3ccccc3OC(F)(F)F)cc2)n1. The van der Waals surface area contributed by atoms with Crippen molar-refractivity contribution in [3.05, 3.63) is 60.3 Å². The van der Waals surface area contributed by atoms with E-state index in [9.17, 15) is 21.6 Å². The Kier molecular flexibility index (Phi) is 6.72. The first-order chi connectivity index (χ1) is 15.1. The Morgan fingerprint density at radius 1 is 1.00 bits per heavy atom. The number of alkyl halides is 3. The molecule has 0 saturated carbocycles. The molecule has 1 aromatic heterocycles. The van der Waals surface area contributed by atoms with Crippen molar-refractivity contribution < 1.29 is 26.3 Å². The van der Waals surface area contributed by atoms with E-state index in [0.717, 1.165) is 17.8 Å². The van der Waals surface area contributed by atoms with E-state index in [2.05, 4.69) is 30.1 Å². The van der Waals surface area contributed by atoms with Crippen molar-refractivity contribution in [1.29, 1.82) is 0 Å². The highest BCUT2D eigenvalue weighted by Crippen LogP contribution is 2.30. The highest BCUT2D eigenvalue weighted by Gasteiger charge is 2.34. The molecule has 0 fully saturated rings. The number of nitrogens with one attached hydrogen (secondary N) is 3. The summed E-state index contributed by atoms with van der Waals surface area (Å²) in [7, 11) is -4.33. The van der Waals surface area contributed by atoms with Gasteiger partial charge in [-0.1, -0.05) is 12.1 Å².